The largest absolute Gasteiger partial charge is 0.375 e. The topological polar surface area (TPSA) is 29.5 Å². The molecule has 12 heavy (non-hydrogen) atoms. The molecule has 1 saturated heterocycles. The highest BCUT2D eigenvalue weighted by molar-refractivity contribution is 7.99. The lowest BCUT2D eigenvalue weighted by molar-refractivity contribution is -0.135. The second-order valence-electron chi connectivity index (χ2n) is 2.95. The third-order valence-corrected chi connectivity index (χ3v) is 2.40. The fourth-order valence-corrected chi connectivity index (χ4v) is 1.69. The summed E-state index contributed by atoms with van der Waals surface area (Å²) >= 11 is 1.57. The molecule has 0 aromatic carbocycles. The van der Waals surface area contributed by atoms with Crippen LogP contribution in [0.15, 0.2) is 0 Å². The molecule has 70 valence electrons. The van der Waals surface area contributed by atoms with E-state index in [0.717, 1.165) is 13.1 Å². The summed E-state index contributed by atoms with van der Waals surface area (Å²) in [7, 11) is 0. The molecule has 1 unspecified atom stereocenters. The summed E-state index contributed by atoms with van der Waals surface area (Å²) in [4.78, 5) is 13.3. The van der Waals surface area contributed by atoms with E-state index >= 15 is 0 Å². The first-order chi connectivity index (χ1) is 5.74. The summed E-state index contributed by atoms with van der Waals surface area (Å²) in [5, 5.41) is 0. The Morgan fingerprint density at radius 1 is 1.75 bits per heavy atom. The van der Waals surface area contributed by atoms with Gasteiger partial charge in [0.15, 0.2) is 0 Å². The van der Waals surface area contributed by atoms with Crippen molar-refractivity contribution in [3.63, 3.8) is 0 Å². The second kappa shape index (κ2) is 4.72. The number of hydrogen-bond acceptors (Lipinski definition) is 3. The molecular formula is C8H15NO2S. The van der Waals surface area contributed by atoms with Crippen LogP contribution in [0.4, 0.5) is 0 Å². The molecule has 0 radical (unpaired) electrons. The van der Waals surface area contributed by atoms with Crippen LogP contribution in [0, 0.1) is 0 Å². The van der Waals surface area contributed by atoms with Gasteiger partial charge in [-0.2, -0.15) is 11.8 Å². The van der Waals surface area contributed by atoms with Gasteiger partial charge in [-0.3, -0.25) is 4.79 Å². The van der Waals surface area contributed by atoms with Crippen molar-refractivity contribution in [1.82, 2.24) is 4.90 Å². The highest BCUT2D eigenvalue weighted by atomic mass is 32.2. The van der Waals surface area contributed by atoms with Crippen LogP contribution in [0.3, 0.4) is 0 Å². The Morgan fingerprint density at radius 2 is 2.50 bits per heavy atom. The monoisotopic (exact) mass is 189 g/mol. The SMILES string of the molecule is CSCC(=O)N1CCOC(C)C1. The van der Waals surface area contributed by atoms with E-state index in [2.05, 4.69) is 0 Å². The number of hydrogen-bond donors (Lipinski definition) is 0. The summed E-state index contributed by atoms with van der Waals surface area (Å²) in [6, 6.07) is 0. The molecule has 0 N–H and O–H groups in total. The Labute approximate surface area is 77.4 Å². The molecule has 1 aliphatic heterocycles. The van der Waals surface area contributed by atoms with Gasteiger partial charge in [0, 0.05) is 13.1 Å². The highest BCUT2D eigenvalue weighted by Gasteiger charge is 2.20. The number of nitrogens with zero attached hydrogens (tertiary/aromatic N) is 1. The van der Waals surface area contributed by atoms with Crippen LogP contribution in [-0.4, -0.2) is 48.6 Å². The molecular weight excluding hydrogens is 174 g/mol. The van der Waals surface area contributed by atoms with Crippen LogP contribution >= 0.6 is 11.8 Å². The lowest BCUT2D eigenvalue weighted by Crippen LogP contribution is -2.45. The summed E-state index contributed by atoms with van der Waals surface area (Å²) in [6.45, 7) is 4.18. The summed E-state index contributed by atoms with van der Waals surface area (Å²) in [6.07, 6.45) is 2.14. The average Bonchev–Trinajstić information content (AvgIpc) is 2.05. The molecule has 0 aromatic heterocycles. The molecule has 0 saturated carbocycles. The second-order valence-corrected chi connectivity index (χ2v) is 3.82. The van der Waals surface area contributed by atoms with Crippen molar-refractivity contribution in [2.75, 3.05) is 31.7 Å². The van der Waals surface area contributed by atoms with Gasteiger partial charge >= 0.3 is 0 Å². The van der Waals surface area contributed by atoms with Gasteiger partial charge in [-0.15, -0.1) is 0 Å². The molecule has 0 spiro atoms. The molecule has 0 bridgehead atoms. The van der Waals surface area contributed by atoms with Gasteiger partial charge in [0.2, 0.25) is 5.91 Å². The molecule has 1 amide bonds. The Bertz CT molecular complexity index is 163. The van der Waals surface area contributed by atoms with Crippen LogP contribution in [0.5, 0.6) is 0 Å². The maximum absolute atomic E-state index is 11.4. The first-order valence-electron chi connectivity index (χ1n) is 4.12. The van der Waals surface area contributed by atoms with E-state index in [9.17, 15) is 4.79 Å². The number of amides is 1. The van der Waals surface area contributed by atoms with Crippen LogP contribution in [0.1, 0.15) is 6.92 Å². The van der Waals surface area contributed by atoms with E-state index < -0.39 is 0 Å². The zero-order chi connectivity index (χ0) is 8.97. The van der Waals surface area contributed by atoms with E-state index in [0.29, 0.717) is 12.4 Å². The van der Waals surface area contributed by atoms with E-state index in [1.807, 2.05) is 18.1 Å². The molecule has 1 aliphatic rings. The Kier molecular flexibility index (Phi) is 3.88. The van der Waals surface area contributed by atoms with E-state index in [4.69, 9.17) is 4.74 Å². The van der Waals surface area contributed by atoms with Crippen molar-refractivity contribution in [3.8, 4) is 0 Å². The van der Waals surface area contributed by atoms with Crippen LogP contribution in [-0.2, 0) is 9.53 Å². The van der Waals surface area contributed by atoms with Gasteiger partial charge in [0.05, 0.1) is 18.5 Å². The smallest absolute Gasteiger partial charge is 0.232 e. The average molecular weight is 189 g/mol. The molecule has 0 aliphatic carbocycles. The van der Waals surface area contributed by atoms with E-state index in [1.54, 1.807) is 11.8 Å². The third-order valence-electron chi connectivity index (χ3n) is 1.86. The van der Waals surface area contributed by atoms with Crippen LogP contribution in [0.2, 0.25) is 0 Å². The molecule has 1 rings (SSSR count). The maximum atomic E-state index is 11.4. The number of carbonyl (C=O) groups excluding carboxylic acids is 1. The summed E-state index contributed by atoms with van der Waals surface area (Å²) < 4.78 is 5.34. The van der Waals surface area contributed by atoms with Gasteiger partial charge in [-0.1, -0.05) is 0 Å². The van der Waals surface area contributed by atoms with Crippen molar-refractivity contribution in [2.45, 2.75) is 13.0 Å². The summed E-state index contributed by atoms with van der Waals surface area (Å²) in [5.41, 5.74) is 0. The standard InChI is InChI=1S/C8H15NO2S/c1-7-5-9(3-4-11-7)8(10)6-12-2/h7H,3-6H2,1-2H3. The number of rotatable bonds is 2. The zero-order valence-electron chi connectivity index (χ0n) is 7.58. The molecule has 1 atom stereocenters. The van der Waals surface area contributed by atoms with Gasteiger partial charge < -0.3 is 9.64 Å². The van der Waals surface area contributed by atoms with Crippen molar-refractivity contribution < 1.29 is 9.53 Å². The first-order valence-corrected chi connectivity index (χ1v) is 5.51. The number of thioether (sulfide) groups is 1. The first kappa shape index (κ1) is 9.86. The zero-order valence-corrected chi connectivity index (χ0v) is 8.39. The molecule has 1 heterocycles. The Hall–Kier alpha value is -0.220. The lowest BCUT2D eigenvalue weighted by atomic mass is 10.3. The van der Waals surface area contributed by atoms with Gasteiger partial charge in [-0.25, -0.2) is 0 Å². The van der Waals surface area contributed by atoms with Crippen LogP contribution in [0.25, 0.3) is 0 Å². The van der Waals surface area contributed by atoms with Gasteiger partial charge in [0.1, 0.15) is 0 Å². The van der Waals surface area contributed by atoms with E-state index in [-0.39, 0.29) is 12.0 Å². The minimum absolute atomic E-state index is 0.199. The number of carbonyl (C=O) groups is 1. The quantitative estimate of drug-likeness (QED) is 0.637. The van der Waals surface area contributed by atoms with Crippen molar-refractivity contribution in [1.29, 1.82) is 0 Å². The van der Waals surface area contributed by atoms with E-state index in [1.165, 1.54) is 0 Å². The molecule has 0 aromatic rings. The van der Waals surface area contributed by atoms with Crippen LogP contribution < -0.4 is 0 Å². The fourth-order valence-electron chi connectivity index (χ4n) is 1.26. The number of morpholine rings is 1. The van der Waals surface area contributed by atoms with Gasteiger partial charge in [0.25, 0.3) is 0 Å². The molecule has 4 heteroatoms. The van der Waals surface area contributed by atoms with Gasteiger partial charge in [-0.05, 0) is 13.2 Å². The fraction of sp³-hybridized carbons (Fsp3) is 0.875. The minimum Gasteiger partial charge on any atom is -0.375 e. The van der Waals surface area contributed by atoms with Crippen molar-refractivity contribution >= 4 is 17.7 Å². The maximum Gasteiger partial charge on any atom is 0.232 e. The van der Waals surface area contributed by atoms with Crippen molar-refractivity contribution in [2.24, 2.45) is 0 Å². The predicted octanol–water partition coefficient (Wildman–Crippen LogP) is 0.597. The lowest BCUT2D eigenvalue weighted by Gasteiger charge is -2.30. The Balaban J connectivity index is 2.35. The highest BCUT2D eigenvalue weighted by Crippen LogP contribution is 2.06. The summed E-state index contributed by atoms with van der Waals surface area (Å²) in [5.74, 6) is 0.824. The molecule has 3 nitrogen and oxygen atoms in total. The van der Waals surface area contributed by atoms with Crippen molar-refractivity contribution in [3.05, 3.63) is 0 Å². The normalized spacial score (nSPS) is 24.2. The number of ether oxygens (including phenoxy) is 1. The molecule has 1 fully saturated rings. The minimum atomic E-state index is 0.199. The third kappa shape index (κ3) is 2.68. The Morgan fingerprint density at radius 3 is 3.08 bits per heavy atom. The predicted molar refractivity (Wildman–Crippen MR) is 50.4 cm³/mol.